The molecule has 2 aromatic heterocycles. The molecular weight excluding hydrogens is 272 g/mol. The fourth-order valence-corrected chi connectivity index (χ4v) is 4.37. The predicted octanol–water partition coefficient (Wildman–Crippen LogP) is 4.04. The third-order valence-electron chi connectivity index (χ3n) is 3.41. The molecule has 0 amide bonds. The van der Waals surface area contributed by atoms with Gasteiger partial charge in [-0.1, -0.05) is 6.07 Å². The van der Waals surface area contributed by atoms with Crippen LogP contribution < -0.4 is 5.73 Å². The van der Waals surface area contributed by atoms with Gasteiger partial charge in [-0.25, -0.2) is 0 Å². The van der Waals surface area contributed by atoms with Gasteiger partial charge in [-0.2, -0.15) is 5.26 Å². The Bertz CT molecular complexity index is 633. The molecule has 2 heterocycles. The summed E-state index contributed by atoms with van der Waals surface area (Å²) in [4.78, 5) is 3.45. The van der Waals surface area contributed by atoms with Crippen LogP contribution >= 0.6 is 22.7 Å². The molecule has 0 aromatic carbocycles. The summed E-state index contributed by atoms with van der Waals surface area (Å²) in [5.41, 5.74) is 8.89. The lowest BCUT2D eigenvalue weighted by Gasteiger charge is -2.08. The van der Waals surface area contributed by atoms with E-state index in [4.69, 9.17) is 5.73 Å². The normalized spacial score (nSPS) is 15.5. The molecule has 0 fully saturated rings. The van der Waals surface area contributed by atoms with Gasteiger partial charge in [0.05, 0.1) is 16.1 Å². The average molecular weight is 286 g/mol. The molecule has 4 heteroatoms. The van der Waals surface area contributed by atoms with E-state index in [0.717, 1.165) is 22.6 Å². The summed E-state index contributed by atoms with van der Waals surface area (Å²) in [6.45, 7) is 0. The van der Waals surface area contributed by atoms with Gasteiger partial charge in [0.25, 0.3) is 0 Å². The Morgan fingerprint density at radius 1 is 1.26 bits per heavy atom. The zero-order valence-corrected chi connectivity index (χ0v) is 12.1. The lowest BCUT2D eigenvalue weighted by molar-refractivity contribution is 0.697. The molecule has 2 nitrogen and oxygen atoms in total. The maximum atomic E-state index is 9.36. The van der Waals surface area contributed by atoms with E-state index in [-0.39, 0.29) is 0 Å². The van der Waals surface area contributed by atoms with Crippen LogP contribution in [0, 0.1) is 11.3 Å². The Labute approximate surface area is 120 Å². The van der Waals surface area contributed by atoms with Crippen molar-refractivity contribution in [2.45, 2.75) is 25.7 Å². The fourth-order valence-electron chi connectivity index (χ4n) is 2.42. The van der Waals surface area contributed by atoms with Crippen molar-refractivity contribution in [1.29, 1.82) is 5.26 Å². The molecule has 19 heavy (non-hydrogen) atoms. The van der Waals surface area contributed by atoms with E-state index in [1.165, 1.54) is 23.3 Å². The van der Waals surface area contributed by atoms with Crippen molar-refractivity contribution in [2.75, 3.05) is 0 Å². The molecule has 0 radical (unpaired) electrons. The van der Waals surface area contributed by atoms with Crippen LogP contribution in [-0.4, -0.2) is 0 Å². The van der Waals surface area contributed by atoms with Crippen molar-refractivity contribution in [1.82, 2.24) is 0 Å². The summed E-state index contributed by atoms with van der Waals surface area (Å²) in [5, 5.41) is 11.3. The SMILES string of the molecule is N#C/C(=C(/N)c1cc2c(s1)CCCC2)c1cccs1. The number of nitriles is 1. The second-order valence-electron chi connectivity index (χ2n) is 4.64. The van der Waals surface area contributed by atoms with E-state index in [1.807, 2.05) is 17.5 Å². The van der Waals surface area contributed by atoms with E-state index in [1.54, 1.807) is 22.7 Å². The fraction of sp³-hybridized carbons (Fsp3) is 0.267. The monoisotopic (exact) mass is 286 g/mol. The summed E-state index contributed by atoms with van der Waals surface area (Å²) in [5.74, 6) is 0. The van der Waals surface area contributed by atoms with Crippen molar-refractivity contribution < 1.29 is 0 Å². The highest BCUT2D eigenvalue weighted by molar-refractivity contribution is 7.13. The molecule has 2 aromatic rings. The molecule has 0 aliphatic heterocycles. The molecule has 0 saturated heterocycles. The Hall–Kier alpha value is -1.57. The van der Waals surface area contributed by atoms with Crippen LogP contribution in [0.5, 0.6) is 0 Å². The summed E-state index contributed by atoms with van der Waals surface area (Å²) in [6, 6.07) is 8.33. The Morgan fingerprint density at radius 3 is 2.79 bits per heavy atom. The lowest BCUT2D eigenvalue weighted by Crippen LogP contribution is -1.98. The maximum absolute atomic E-state index is 9.36. The van der Waals surface area contributed by atoms with Gasteiger partial charge in [-0.05, 0) is 48.8 Å². The molecular formula is C15H14N2S2. The number of aryl methyl sites for hydroxylation is 2. The number of nitrogens with two attached hydrogens (primary N) is 1. The van der Waals surface area contributed by atoms with Crippen LogP contribution in [0.15, 0.2) is 23.6 Å². The van der Waals surface area contributed by atoms with Gasteiger partial charge >= 0.3 is 0 Å². The van der Waals surface area contributed by atoms with Crippen LogP contribution in [0.4, 0.5) is 0 Å². The van der Waals surface area contributed by atoms with Gasteiger partial charge in [0.2, 0.25) is 0 Å². The predicted molar refractivity (Wildman–Crippen MR) is 81.9 cm³/mol. The first-order valence-corrected chi connectivity index (χ1v) is 8.05. The number of allylic oxidation sites excluding steroid dienone is 1. The van der Waals surface area contributed by atoms with Gasteiger partial charge in [-0.3, -0.25) is 0 Å². The molecule has 1 aliphatic carbocycles. The summed E-state index contributed by atoms with van der Waals surface area (Å²) in [6.07, 6.45) is 4.85. The number of rotatable bonds is 2. The molecule has 3 rings (SSSR count). The Balaban J connectivity index is 2.05. The zero-order valence-electron chi connectivity index (χ0n) is 10.5. The van der Waals surface area contributed by atoms with E-state index in [9.17, 15) is 5.26 Å². The number of fused-ring (bicyclic) bond motifs is 1. The third-order valence-corrected chi connectivity index (χ3v) is 5.57. The summed E-state index contributed by atoms with van der Waals surface area (Å²) < 4.78 is 0. The van der Waals surface area contributed by atoms with E-state index < -0.39 is 0 Å². The minimum Gasteiger partial charge on any atom is -0.396 e. The molecule has 0 bridgehead atoms. The molecule has 2 N–H and O–H groups in total. The first kappa shape index (κ1) is 12.5. The molecule has 96 valence electrons. The van der Waals surface area contributed by atoms with E-state index >= 15 is 0 Å². The third kappa shape index (κ3) is 2.32. The van der Waals surface area contributed by atoms with Gasteiger partial charge in [0.15, 0.2) is 0 Å². The van der Waals surface area contributed by atoms with Crippen LogP contribution in [0.3, 0.4) is 0 Å². The first-order chi connectivity index (χ1) is 9.29. The number of hydrogen-bond acceptors (Lipinski definition) is 4. The number of nitrogens with zero attached hydrogens (tertiary/aromatic N) is 1. The average Bonchev–Trinajstić information content (AvgIpc) is 3.08. The molecule has 0 saturated carbocycles. The van der Waals surface area contributed by atoms with Crippen molar-refractivity contribution in [3.05, 3.63) is 43.8 Å². The van der Waals surface area contributed by atoms with Crippen molar-refractivity contribution in [2.24, 2.45) is 5.73 Å². The lowest BCUT2D eigenvalue weighted by atomic mass is 9.99. The highest BCUT2D eigenvalue weighted by Crippen LogP contribution is 2.34. The largest absolute Gasteiger partial charge is 0.396 e. The Kier molecular flexibility index (Phi) is 3.41. The van der Waals surface area contributed by atoms with E-state index in [0.29, 0.717) is 11.3 Å². The number of thiophene rings is 2. The van der Waals surface area contributed by atoms with Crippen molar-refractivity contribution in [3.63, 3.8) is 0 Å². The highest BCUT2D eigenvalue weighted by atomic mass is 32.1. The van der Waals surface area contributed by atoms with Gasteiger partial charge < -0.3 is 5.73 Å². The zero-order chi connectivity index (χ0) is 13.2. The minimum absolute atomic E-state index is 0.605. The smallest absolute Gasteiger partial charge is 0.103 e. The Morgan fingerprint density at radius 2 is 2.11 bits per heavy atom. The summed E-state index contributed by atoms with van der Waals surface area (Å²) >= 11 is 3.31. The summed E-state index contributed by atoms with van der Waals surface area (Å²) in [7, 11) is 0. The quantitative estimate of drug-likeness (QED) is 0.847. The number of hydrogen-bond donors (Lipinski definition) is 1. The second-order valence-corrected chi connectivity index (χ2v) is 6.73. The first-order valence-electron chi connectivity index (χ1n) is 6.35. The highest BCUT2D eigenvalue weighted by Gasteiger charge is 2.17. The second kappa shape index (κ2) is 5.20. The van der Waals surface area contributed by atoms with Crippen LogP contribution in [0.2, 0.25) is 0 Å². The standard InChI is InChI=1S/C15H14N2S2/c16-9-11(13-6-3-7-18-13)15(17)14-8-10-4-1-2-5-12(10)19-14/h3,6-8H,1-2,4-5,17H2/b15-11-. The van der Waals surface area contributed by atoms with Crippen molar-refractivity contribution in [3.8, 4) is 6.07 Å². The minimum atomic E-state index is 0.605. The van der Waals surface area contributed by atoms with Gasteiger partial charge in [-0.15, -0.1) is 22.7 Å². The molecule has 0 unspecified atom stereocenters. The molecule has 0 spiro atoms. The van der Waals surface area contributed by atoms with Crippen LogP contribution in [0.25, 0.3) is 11.3 Å². The van der Waals surface area contributed by atoms with E-state index in [2.05, 4.69) is 12.1 Å². The van der Waals surface area contributed by atoms with Gasteiger partial charge in [0.1, 0.15) is 6.07 Å². The van der Waals surface area contributed by atoms with Crippen LogP contribution in [0.1, 0.15) is 33.0 Å². The topological polar surface area (TPSA) is 49.8 Å². The van der Waals surface area contributed by atoms with Crippen LogP contribution in [-0.2, 0) is 12.8 Å². The molecule has 0 atom stereocenters. The maximum Gasteiger partial charge on any atom is 0.103 e. The molecule has 1 aliphatic rings. The van der Waals surface area contributed by atoms with Crippen molar-refractivity contribution >= 4 is 33.9 Å². The van der Waals surface area contributed by atoms with Gasteiger partial charge in [0, 0.05) is 9.75 Å².